The molecule has 2 aromatic rings. The molecule has 5 nitrogen and oxygen atoms in total. The summed E-state index contributed by atoms with van der Waals surface area (Å²) in [5.41, 5.74) is 2.22. The Morgan fingerprint density at radius 2 is 2.19 bits per heavy atom. The number of ether oxygens (including phenoxy) is 1. The lowest BCUT2D eigenvalue weighted by Gasteiger charge is -2.26. The lowest BCUT2D eigenvalue weighted by atomic mass is 9.82. The number of para-hydroxylation sites is 2. The number of rotatable bonds is 6. The molecule has 0 saturated heterocycles. The fourth-order valence-corrected chi connectivity index (χ4v) is 2.59. The van der Waals surface area contributed by atoms with E-state index in [1.165, 1.54) is 6.42 Å². The van der Waals surface area contributed by atoms with Gasteiger partial charge in [-0.05, 0) is 31.4 Å². The van der Waals surface area contributed by atoms with Crippen molar-refractivity contribution in [2.45, 2.75) is 38.5 Å². The Hall–Kier alpha value is -2.17. The van der Waals surface area contributed by atoms with Gasteiger partial charge < -0.3 is 4.74 Å². The Morgan fingerprint density at radius 1 is 1.38 bits per heavy atom. The molecule has 0 N–H and O–H groups in total. The quantitative estimate of drug-likeness (QED) is 0.765. The zero-order chi connectivity index (χ0) is 14.7. The summed E-state index contributed by atoms with van der Waals surface area (Å²) < 4.78 is 7.57. The summed E-state index contributed by atoms with van der Waals surface area (Å²) in [4.78, 5) is 11.2. The van der Waals surface area contributed by atoms with Crippen molar-refractivity contribution in [2.24, 2.45) is 0 Å². The maximum Gasteiger partial charge on any atom is 0.172 e. The Morgan fingerprint density at radius 3 is 2.86 bits per heavy atom. The third kappa shape index (κ3) is 2.55. The standard InChI is InChI=1S/C16H19N3O2/c1-2-10-21-15-9-4-3-8-14(15)19-16(12-6-5-7-12)13(11-20)17-18-19/h3-4,8-9,11-12H,2,5-7,10H2,1H3. The van der Waals surface area contributed by atoms with E-state index in [1.54, 1.807) is 4.68 Å². The molecular formula is C16H19N3O2. The molecule has 0 atom stereocenters. The largest absolute Gasteiger partial charge is 0.491 e. The van der Waals surface area contributed by atoms with E-state index in [0.717, 1.165) is 42.7 Å². The first-order chi connectivity index (χ1) is 10.3. The summed E-state index contributed by atoms with van der Waals surface area (Å²) in [6, 6.07) is 7.77. The summed E-state index contributed by atoms with van der Waals surface area (Å²) >= 11 is 0. The van der Waals surface area contributed by atoms with E-state index in [4.69, 9.17) is 4.74 Å². The van der Waals surface area contributed by atoms with Crippen LogP contribution in [0.5, 0.6) is 5.75 Å². The molecule has 1 fully saturated rings. The lowest BCUT2D eigenvalue weighted by molar-refractivity contribution is 0.111. The Bertz CT molecular complexity index is 632. The van der Waals surface area contributed by atoms with Gasteiger partial charge in [0.05, 0.1) is 12.3 Å². The van der Waals surface area contributed by atoms with Crippen molar-refractivity contribution in [3.63, 3.8) is 0 Å². The van der Waals surface area contributed by atoms with Gasteiger partial charge in [-0.15, -0.1) is 5.10 Å². The third-order valence-corrected chi connectivity index (χ3v) is 3.89. The fourth-order valence-electron chi connectivity index (χ4n) is 2.59. The van der Waals surface area contributed by atoms with E-state index >= 15 is 0 Å². The molecule has 0 amide bonds. The first kappa shape index (κ1) is 13.8. The van der Waals surface area contributed by atoms with Crippen LogP contribution in [0.3, 0.4) is 0 Å². The van der Waals surface area contributed by atoms with Gasteiger partial charge in [0.2, 0.25) is 0 Å². The average molecular weight is 285 g/mol. The van der Waals surface area contributed by atoms with Crippen LogP contribution >= 0.6 is 0 Å². The normalized spacial score (nSPS) is 14.7. The number of aldehydes is 1. The number of nitrogens with zero attached hydrogens (tertiary/aromatic N) is 3. The van der Waals surface area contributed by atoms with Crippen molar-refractivity contribution in [3.05, 3.63) is 35.7 Å². The van der Waals surface area contributed by atoms with Gasteiger partial charge in [-0.3, -0.25) is 4.79 Å². The topological polar surface area (TPSA) is 57.0 Å². The highest BCUT2D eigenvalue weighted by Gasteiger charge is 2.28. The van der Waals surface area contributed by atoms with Gasteiger partial charge in [-0.1, -0.05) is 30.7 Å². The summed E-state index contributed by atoms with van der Waals surface area (Å²) in [6.45, 7) is 2.73. The lowest BCUT2D eigenvalue weighted by Crippen LogP contribution is -2.16. The summed E-state index contributed by atoms with van der Waals surface area (Å²) in [5.74, 6) is 1.15. The van der Waals surface area contributed by atoms with Crippen molar-refractivity contribution in [3.8, 4) is 11.4 Å². The molecule has 0 unspecified atom stereocenters. The van der Waals surface area contributed by atoms with Crippen LogP contribution in [0, 0.1) is 0 Å². The zero-order valence-electron chi connectivity index (χ0n) is 12.2. The predicted molar refractivity (Wildman–Crippen MR) is 79.1 cm³/mol. The maximum absolute atomic E-state index is 11.2. The molecule has 110 valence electrons. The molecule has 1 aliphatic rings. The van der Waals surface area contributed by atoms with Gasteiger partial charge in [0.15, 0.2) is 6.29 Å². The van der Waals surface area contributed by atoms with E-state index in [-0.39, 0.29) is 0 Å². The van der Waals surface area contributed by atoms with Gasteiger partial charge in [-0.2, -0.15) is 0 Å². The average Bonchev–Trinajstić information content (AvgIpc) is 2.87. The Balaban J connectivity index is 2.04. The van der Waals surface area contributed by atoms with E-state index in [9.17, 15) is 4.79 Å². The second kappa shape index (κ2) is 6.08. The minimum Gasteiger partial charge on any atom is -0.491 e. The SMILES string of the molecule is CCCOc1ccccc1-n1nnc(C=O)c1C1CCC1. The molecule has 0 aliphatic heterocycles. The van der Waals surface area contributed by atoms with E-state index in [1.807, 2.05) is 24.3 Å². The van der Waals surface area contributed by atoms with Crippen LogP contribution < -0.4 is 4.74 Å². The van der Waals surface area contributed by atoms with Crippen molar-refractivity contribution >= 4 is 6.29 Å². The summed E-state index contributed by atoms with van der Waals surface area (Å²) in [6.07, 6.45) is 5.12. The van der Waals surface area contributed by atoms with Crippen molar-refractivity contribution < 1.29 is 9.53 Å². The molecule has 21 heavy (non-hydrogen) atoms. The molecular weight excluding hydrogens is 266 g/mol. The van der Waals surface area contributed by atoms with Gasteiger partial charge >= 0.3 is 0 Å². The van der Waals surface area contributed by atoms with Crippen LogP contribution in [0.25, 0.3) is 5.69 Å². The first-order valence-electron chi connectivity index (χ1n) is 7.48. The monoisotopic (exact) mass is 285 g/mol. The molecule has 5 heteroatoms. The van der Waals surface area contributed by atoms with E-state index in [0.29, 0.717) is 18.2 Å². The van der Waals surface area contributed by atoms with Crippen LogP contribution in [0.1, 0.15) is 54.7 Å². The predicted octanol–water partition coefficient (Wildman–Crippen LogP) is 3.14. The van der Waals surface area contributed by atoms with Crippen LogP contribution in [0.4, 0.5) is 0 Å². The number of carbonyl (C=O) groups is 1. The van der Waals surface area contributed by atoms with Gasteiger partial charge in [0, 0.05) is 5.92 Å². The van der Waals surface area contributed by atoms with Crippen LogP contribution in [-0.2, 0) is 0 Å². The van der Waals surface area contributed by atoms with E-state index in [2.05, 4.69) is 17.2 Å². The molecule has 1 aromatic carbocycles. The number of benzene rings is 1. The zero-order valence-corrected chi connectivity index (χ0v) is 12.2. The molecule has 0 radical (unpaired) electrons. The second-order valence-corrected chi connectivity index (χ2v) is 5.33. The molecule has 3 rings (SSSR count). The minimum atomic E-state index is 0.374. The van der Waals surface area contributed by atoms with Crippen molar-refractivity contribution in [1.82, 2.24) is 15.0 Å². The molecule has 1 saturated carbocycles. The second-order valence-electron chi connectivity index (χ2n) is 5.33. The third-order valence-electron chi connectivity index (χ3n) is 3.89. The Kier molecular flexibility index (Phi) is 3.99. The first-order valence-corrected chi connectivity index (χ1v) is 7.48. The molecule has 1 heterocycles. The highest BCUT2D eigenvalue weighted by Crippen LogP contribution is 2.39. The number of aromatic nitrogens is 3. The van der Waals surface area contributed by atoms with Crippen molar-refractivity contribution in [2.75, 3.05) is 6.61 Å². The van der Waals surface area contributed by atoms with Crippen molar-refractivity contribution in [1.29, 1.82) is 0 Å². The number of hydrogen-bond acceptors (Lipinski definition) is 4. The summed E-state index contributed by atoms with van der Waals surface area (Å²) in [5, 5.41) is 8.21. The number of carbonyl (C=O) groups excluding carboxylic acids is 1. The molecule has 0 bridgehead atoms. The van der Waals surface area contributed by atoms with Gasteiger partial charge in [0.25, 0.3) is 0 Å². The highest BCUT2D eigenvalue weighted by atomic mass is 16.5. The number of hydrogen-bond donors (Lipinski definition) is 0. The molecule has 0 spiro atoms. The van der Waals surface area contributed by atoms with Gasteiger partial charge in [-0.25, -0.2) is 4.68 Å². The van der Waals surface area contributed by atoms with Crippen LogP contribution in [0.15, 0.2) is 24.3 Å². The smallest absolute Gasteiger partial charge is 0.172 e. The van der Waals surface area contributed by atoms with Crippen LogP contribution in [0.2, 0.25) is 0 Å². The molecule has 1 aliphatic carbocycles. The maximum atomic E-state index is 11.2. The fraction of sp³-hybridized carbons (Fsp3) is 0.438. The Labute approximate surface area is 123 Å². The molecule has 1 aromatic heterocycles. The highest BCUT2D eigenvalue weighted by molar-refractivity contribution is 5.74. The minimum absolute atomic E-state index is 0.374. The van der Waals surface area contributed by atoms with Gasteiger partial charge in [0.1, 0.15) is 17.1 Å². The summed E-state index contributed by atoms with van der Waals surface area (Å²) in [7, 11) is 0. The van der Waals surface area contributed by atoms with E-state index < -0.39 is 0 Å². The van der Waals surface area contributed by atoms with Crippen LogP contribution in [-0.4, -0.2) is 27.9 Å².